The van der Waals surface area contributed by atoms with Gasteiger partial charge >= 0.3 is 0 Å². The standard InChI is InChI=1S/C9H14N4O4/c1-9(2)16-7-5(4-13(14)15)3-6(11-12-10)8(7)17-9/h5-8H,3-4H2,1-2H3/t5-,6-,7+,8-/m1/s1. The molecule has 2 fully saturated rings. The molecule has 8 nitrogen and oxygen atoms in total. The Morgan fingerprint density at radius 2 is 2.18 bits per heavy atom. The molecule has 0 aromatic carbocycles. The molecule has 2 rings (SSSR count). The van der Waals surface area contributed by atoms with Crippen LogP contribution in [0.1, 0.15) is 20.3 Å². The largest absolute Gasteiger partial charge is 0.344 e. The number of hydrogen-bond acceptors (Lipinski definition) is 5. The van der Waals surface area contributed by atoms with E-state index in [4.69, 9.17) is 15.0 Å². The summed E-state index contributed by atoms with van der Waals surface area (Å²) in [4.78, 5) is 13.0. The highest BCUT2D eigenvalue weighted by atomic mass is 16.8. The zero-order valence-corrected chi connectivity index (χ0v) is 9.65. The SMILES string of the molecule is CC1(C)O[C@H]2[C@@H](C[N+](=O)[O-])C[C@@H](N=[N+]=[N-])[C@H]2O1. The lowest BCUT2D eigenvalue weighted by atomic mass is 10.1. The molecule has 2 aliphatic rings. The predicted octanol–water partition coefficient (Wildman–Crippen LogP) is 1.48. The topological polar surface area (TPSA) is 110 Å². The quantitative estimate of drug-likeness (QED) is 0.245. The van der Waals surface area contributed by atoms with Crippen molar-refractivity contribution in [2.75, 3.05) is 6.54 Å². The summed E-state index contributed by atoms with van der Waals surface area (Å²) in [5.74, 6) is -1.03. The van der Waals surface area contributed by atoms with E-state index in [1.54, 1.807) is 13.8 Å². The molecule has 0 unspecified atom stereocenters. The van der Waals surface area contributed by atoms with Crippen LogP contribution < -0.4 is 0 Å². The molecule has 8 heteroatoms. The average Bonchev–Trinajstić information content (AvgIpc) is 2.63. The summed E-state index contributed by atoms with van der Waals surface area (Å²) >= 11 is 0. The minimum absolute atomic E-state index is 0.182. The third-order valence-corrected chi connectivity index (χ3v) is 3.14. The first-order chi connectivity index (χ1) is 7.93. The smallest absolute Gasteiger partial charge is 0.209 e. The molecule has 17 heavy (non-hydrogen) atoms. The summed E-state index contributed by atoms with van der Waals surface area (Å²) in [5, 5.41) is 14.2. The molecule has 0 bridgehead atoms. The van der Waals surface area contributed by atoms with Gasteiger partial charge in [-0.05, 0) is 25.8 Å². The van der Waals surface area contributed by atoms with Crippen LogP contribution in [-0.4, -0.2) is 35.5 Å². The van der Waals surface area contributed by atoms with Crippen molar-refractivity contribution in [1.29, 1.82) is 0 Å². The molecule has 0 aromatic heterocycles. The number of nitrogens with zero attached hydrogens (tertiary/aromatic N) is 4. The molecule has 1 saturated carbocycles. The van der Waals surface area contributed by atoms with Gasteiger partial charge in [-0.3, -0.25) is 10.1 Å². The molecule has 4 atom stereocenters. The Morgan fingerprint density at radius 3 is 2.76 bits per heavy atom. The van der Waals surface area contributed by atoms with E-state index in [0.29, 0.717) is 6.42 Å². The summed E-state index contributed by atoms with van der Waals surface area (Å²) in [7, 11) is 0. The number of ether oxygens (including phenoxy) is 2. The maximum absolute atomic E-state index is 10.6. The number of azide groups is 1. The van der Waals surface area contributed by atoms with E-state index in [1.165, 1.54) is 0 Å². The molecule has 1 aliphatic carbocycles. The van der Waals surface area contributed by atoms with Crippen molar-refractivity contribution in [1.82, 2.24) is 0 Å². The van der Waals surface area contributed by atoms with Gasteiger partial charge in [0, 0.05) is 9.84 Å². The Bertz CT molecular complexity index is 379. The Labute approximate surface area is 97.7 Å². The van der Waals surface area contributed by atoms with Gasteiger partial charge in [0.2, 0.25) is 6.54 Å². The van der Waals surface area contributed by atoms with Crippen molar-refractivity contribution >= 4 is 0 Å². The van der Waals surface area contributed by atoms with E-state index in [2.05, 4.69) is 10.0 Å². The van der Waals surface area contributed by atoms with Gasteiger partial charge in [0.25, 0.3) is 0 Å². The van der Waals surface area contributed by atoms with Gasteiger partial charge in [0.15, 0.2) is 5.79 Å². The predicted molar refractivity (Wildman–Crippen MR) is 56.7 cm³/mol. The van der Waals surface area contributed by atoms with Crippen LogP contribution in [-0.2, 0) is 9.47 Å². The fourth-order valence-electron chi connectivity index (χ4n) is 2.61. The van der Waals surface area contributed by atoms with E-state index < -0.39 is 5.79 Å². The van der Waals surface area contributed by atoms with Crippen LogP contribution in [0.25, 0.3) is 10.4 Å². The van der Waals surface area contributed by atoms with E-state index >= 15 is 0 Å². The van der Waals surface area contributed by atoms with Gasteiger partial charge in [0.05, 0.1) is 24.2 Å². The molecule has 1 aliphatic heterocycles. The maximum Gasteiger partial charge on any atom is 0.209 e. The van der Waals surface area contributed by atoms with Crippen LogP contribution in [0.5, 0.6) is 0 Å². The van der Waals surface area contributed by atoms with Crippen LogP contribution in [0.15, 0.2) is 5.11 Å². The molecule has 0 amide bonds. The zero-order chi connectivity index (χ0) is 12.6. The first-order valence-electron chi connectivity index (χ1n) is 5.44. The van der Waals surface area contributed by atoms with E-state index in [0.717, 1.165) is 0 Å². The van der Waals surface area contributed by atoms with E-state index in [1.807, 2.05) is 0 Å². The van der Waals surface area contributed by atoms with Gasteiger partial charge in [-0.15, -0.1) is 0 Å². The molecular formula is C9H14N4O4. The van der Waals surface area contributed by atoms with Gasteiger partial charge in [-0.2, -0.15) is 0 Å². The van der Waals surface area contributed by atoms with Crippen molar-refractivity contribution in [3.63, 3.8) is 0 Å². The van der Waals surface area contributed by atoms with Gasteiger partial charge < -0.3 is 9.47 Å². The van der Waals surface area contributed by atoms with Gasteiger partial charge in [-0.1, -0.05) is 5.11 Å². The van der Waals surface area contributed by atoms with Gasteiger partial charge in [0.1, 0.15) is 0 Å². The summed E-state index contributed by atoms with van der Waals surface area (Å²) in [5.41, 5.74) is 8.47. The summed E-state index contributed by atoms with van der Waals surface area (Å²) in [6, 6.07) is -0.378. The van der Waals surface area contributed by atoms with Crippen molar-refractivity contribution in [2.45, 2.75) is 44.3 Å². The third kappa shape index (κ3) is 2.33. The number of rotatable bonds is 3. The lowest BCUT2D eigenvalue weighted by Crippen LogP contribution is -2.29. The second-order valence-electron chi connectivity index (χ2n) is 4.85. The summed E-state index contributed by atoms with van der Waals surface area (Å²) < 4.78 is 11.3. The first-order valence-corrected chi connectivity index (χ1v) is 5.44. The average molecular weight is 242 g/mol. The second kappa shape index (κ2) is 4.14. The first kappa shape index (κ1) is 12.1. The second-order valence-corrected chi connectivity index (χ2v) is 4.85. The highest BCUT2D eigenvalue weighted by Gasteiger charge is 2.55. The third-order valence-electron chi connectivity index (χ3n) is 3.14. The van der Waals surface area contributed by atoms with Gasteiger partial charge in [-0.25, -0.2) is 0 Å². The van der Waals surface area contributed by atoms with E-state index in [9.17, 15) is 10.1 Å². The van der Waals surface area contributed by atoms with E-state index in [-0.39, 0.29) is 35.6 Å². The molecule has 94 valence electrons. The molecule has 0 radical (unpaired) electrons. The Kier molecular flexibility index (Phi) is 2.94. The molecule has 0 N–H and O–H groups in total. The number of hydrogen-bond donors (Lipinski definition) is 0. The number of nitro groups is 1. The molecular weight excluding hydrogens is 228 g/mol. The van der Waals surface area contributed by atoms with Crippen molar-refractivity contribution in [2.24, 2.45) is 11.0 Å². The Hall–Kier alpha value is -1.37. The maximum atomic E-state index is 10.6. The molecule has 1 heterocycles. The van der Waals surface area contributed by atoms with Crippen LogP contribution in [0.4, 0.5) is 0 Å². The van der Waals surface area contributed by atoms with Crippen LogP contribution in [0.3, 0.4) is 0 Å². The Morgan fingerprint density at radius 1 is 1.53 bits per heavy atom. The Balaban J connectivity index is 2.17. The normalized spacial score (nSPS) is 38.5. The minimum Gasteiger partial charge on any atom is -0.344 e. The highest BCUT2D eigenvalue weighted by Crippen LogP contribution is 2.42. The molecule has 0 spiro atoms. The number of fused-ring (bicyclic) bond motifs is 1. The van der Waals surface area contributed by atoms with Crippen LogP contribution in [0.2, 0.25) is 0 Å². The van der Waals surface area contributed by atoms with Crippen LogP contribution in [0, 0.1) is 16.0 Å². The van der Waals surface area contributed by atoms with Crippen molar-refractivity contribution < 1.29 is 14.4 Å². The summed E-state index contributed by atoms with van der Waals surface area (Å²) in [6.07, 6.45) is -0.284. The monoisotopic (exact) mass is 242 g/mol. The fourth-order valence-corrected chi connectivity index (χ4v) is 2.61. The van der Waals surface area contributed by atoms with Crippen LogP contribution >= 0.6 is 0 Å². The minimum atomic E-state index is -0.770. The zero-order valence-electron chi connectivity index (χ0n) is 9.65. The molecule has 0 aromatic rings. The van der Waals surface area contributed by atoms with Crippen molar-refractivity contribution in [3.8, 4) is 0 Å². The van der Waals surface area contributed by atoms with Crippen molar-refractivity contribution in [3.05, 3.63) is 20.6 Å². The lowest BCUT2D eigenvalue weighted by molar-refractivity contribution is -0.490. The molecule has 1 saturated heterocycles. The highest BCUT2D eigenvalue weighted by molar-refractivity contribution is 5.01. The summed E-state index contributed by atoms with van der Waals surface area (Å²) in [6.45, 7) is 3.32. The fraction of sp³-hybridized carbons (Fsp3) is 1.00. The lowest BCUT2D eigenvalue weighted by Gasteiger charge is -2.21.